The maximum atomic E-state index is 6.41. The van der Waals surface area contributed by atoms with Gasteiger partial charge >= 0.3 is 0 Å². The first-order valence-corrected chi connectivity index (χ1v) is 48.7. The molecule has 630 valence electrons. The standard InChI is InChI=1S/2C42H24O2S.C42H24OS2/c1-3-9-36-33(7-1)42-30(8-5-10-39(42)44-36)29-18-21-38-35(23-29)34-22-27(17-20-37(34)43-38)25-12-14-26(15-13-25)28-16-19-32-31-6-2-4-11-40(31)45-41(32)24-28;1-3-9-36-31(6-1)33-23-28(17-20-37(33)43-36)29-18-21-39-35(24-29)34-22-27(16-19-38(34)44-39)25-12-14-26(15-13-25)30-8-5-11-41-42(30)32-7-2-4-10-40(32)45-41;1-2-9-25(10-3-1)28-23-32(42-35(24-28)30-11-4-6-14-38(30)45-42)27-18-20-37-34(22-27)33-21-26(17-19-36(33)43-37)29-13-8-16-40-41(29)31-12-5-7-15-39(31)44-40/h3*1-24H. The van der Waals surface area contributed by atoms with E-state index >= 15 is 0 Å². The zero-order valence-electron chi connectivity index (χ0n) is 72.2. The van der Waals surface area contributed by atoms with Crippen LogP contribution in [-0.2, 0) is 0 Å². The quantitative estimate of drug-likeness (QED) is 0.144. The molecule has 21 aromatic carbocycles. The molecular formula is C126H72O5S4. The molecular weight excluding hydrogens is 1720 g/mol. The highest BCUT2D eigenvalue weighted by molar-refractivity contribution is 7.27. The number of fused-ring (bicyclic) bond motifs is 27. The Hall–Kier alpha value is -16.5. The van der Waals surface area contributed by atoms with Gasteiger partial charge in [0.2, 0.25) is 0 Å². The summed E-state index contributed by atoms with van der Waals surface area (Å²) >= 11 is 7.46. The number of thiophene rings is 4. The van der Waals surface area contributed by atoms with Gasteiger partial charge in [-0.1, -0.05) is 279 Å². The minimum atomic E-state index is 0.891. The van der Waals surface area contributed by atoms with E-state index in [1.165, 1.54) is 159 Å². The molecule has 0 N–H and O–H groups in total. The lowest BCUT2D eigenvalue weighted by molar-refractivity contribution is 0.668. The fraction of sp³-hybridized carbons (Fsp3) is 0. The van der Waals surface area contributed by atoms with Gasteiger partial charge in [0.15, 0.2) is 0 Å². The van der Waals surface area contributed by atoms with E-state index in [0.717, 1.165) is 132 Å². The second kappa shape index (κ2) is 31.1. The number of benzene rings is 21. The highest BCUT2D eigenvalue weighted by atomic mass is 32.1. The van der Waals surface area contributed by atoms with E-state index in [1.54, 1.807) is 0 Å². The Balaban J connectivity index is 0.000000101. The van der Waals surface area contributed by atoms with Crippen molar-refractivity contribution in [2.45, 2.75) is 0 Å². The average molecular weight is 1790 g/mol. The molecule has 30 aromatic rings. The van der Waals surface area contributed by atoms with Crippen LogP contribution in [0.2, 0.25) is 0 Å². The normalized spacial score (nSPS) is 12.0. The van der Waals surface area contributed by atoms with Crippen molar-refractivity contribution in [3.63, 3.8) is 0 Å². The van der Waals surface area contributed by atoms with Gasteiger partial charge in [-0.3, -0.25) is 0 Å². The van der Waals surface area contributed by atoms with Gasteiger partial charge in [-0.25, -0.2) is 0 Å². The molecule has 0 saturated heterocycles. The molecule has 9 aromatic heterocycles. The number of rotatable bonds is 9. The third kappa shape index (κ3) is 13.0. The van der Waals surface area contributed by atoms with Crippen molar-refractivity contribution in [2.75, 3.05) is 0 Å². The second-order valence-corrected chi connectivity index (χ2v) is 39.3. The Kier molecular flexibility index (Phi) is 17.8. The third-order valence-corrected chi connectivity index (χ3v) is 31.9. The van der Waals surface area contributed by atoms with Gasteiger partial charge in [-0.05, 0) is 252 Å². The highest BCUT2D eigenvalue weighted by Crippen LogP contribution is 2.50. The SMILES string of the molecule is c1ccc(-c2cc(-c3ccc4oc5ccc(-c6cccc7sc8ccccc8c67)cc5c4c3)c3sc4ccccc4c3c2)cc1.c1ccc2c(c1)oc1ccc(-c3ccc4oc5ccc(-c6ccc(-c7cccc8sc9ccccc9c78)cc6)cc5c4c3)cc12.c1ccc2c(c1)oc1cccc(-c3ccc4oc5ccc(-c6ccc(-c7ccc8c(c7)sc7ccccc78)cc6)cc5c4c3)c12. The molecule has 0 radical (unpaired) electrons. The fourth-order valence-electron chi connectivity index (χ4n) is 20.8. The predicted molar refractivity (Wildman–Crippen MR) is 576 cm³/mol. The van der Waals surface area contributed by atoms with E-state index < -0.39 is 0 Å². The number of hydrogen-bond acceptors (Lipinski definition) is 9. The molecule has 0 saturated carbocycles. The van der Waals surface area contributed by atoms with Gasteiger partial charge < -0.3 is 22.1 Å². The van der Waals surface area contributed by atoms with Crippen molar-refractivity contribution in [3.8, 4) is 100 Å². The highest BCUT2D eigenvalue weighted by Gasteiger charge is 2.23. The van der Waals surface area contributed by atoms with Crippen LogP contribution < -0.4 is 0 Å². The van der Waals surface area contributed by atoms with Crippen LogP contribution in [0.25, 0.3) is 291 Å². The second-order valence-electron chi connectivity index (χ2n) is 35.0. The summed E-state index contributed by atoms with van der Waals surface area (Å²) < 4.78 is 41.8. The molecule has 0 fully saturated rings. The maximum Gasteiger partial charge on any atom is 0.136 e. The summed E-state index contributed by atoms with van der Waals surface area (Å²) in [6.45, 7) is 0. The van der Waals surface area contributed by atoms with Crippen LogP contribution in [0.4, 0.5) is 0 Å². The van der Waals surface area contributed by atoms with Crippen molar-refractivity contribution in [3.05, 3.63) is 437 Å². The largest absolute Gasteiger partial charge is 0.456 e. The Morgan fingerprint density at radius 3 is 0.904 bits per heavy atom. The van der Waals surface area contributed by atoms with Crippen molar-refractivity contribution < 1.29 is 22.1 Å². The first-order chi connectivity index (χ1) is 66.8. The van der Waals surface area contributed by atoms with Crippen molar-refractivity contribution >= 4 is 236 Å². The molecule has 30 rings (SSSR count). The van der Waals surface area contributed by atoms with Crippen molar-refractivity contribution in [1.29, 1.82) is 0 Å². The van der Waals surface area contributed by atoms with Crippen LogP contribution in [0, 0.1) is 0 Å². The summed E-state index contributed by atoms with van der Waals surface area (Å²) in [5.41, 5.74) is 30.7. The lowest BCUT2D eigenvalue weighted by Gasteiger charge is -2.09. The molecule has 135 heavy (non-hydrogen) atoms. The summed E-state index contributed by atoms with van der Waals surface area (Å²) in [4.78, 5) is 0. The maximum absolute atomic E-state index is 6.41. The van der Waals surface area contributed by atoms with Gasteiger partial charge in [0.1, 0.15) is 55.8 Å². The van der Waals surface area contributed by atoms with Crippen molar-refractivity contribution in [2.24, 2.45) is 0 Å². The van der Waals surface area contributed by atoms with E-state index in [0.29, 0.717) is 0 Å². The smallest absolute Gasteiger partial charge is 0.136 e. The molecule has 0 spiro atoms. The van der Waals surface area contributed by atoms with Gasteiger partial charge in [0.25, 0.3) is 0 Å². The summed E-state index contributed by atoms with van der Waals surface area (Å²) in [5, 5.41) is 21.9. The monoisotopic (exact) mass is 1790 g/mol. The summed E-state index contributed by atoms with van der Waals surface area (Å²) in [7, 11) is 0. The Morgan fingerprint density at radius 2 is 0.400 bits per heavy atom. The Labute approximate surface area is 788 Å². The zero-order chi connectivity index (χ0) is 88.5. The van der Waals surface area contributed by atoms with E-state index in [9.17, 15) is 0 Å². The predicted octanol–water partition coefficient (Wildman–Crippen LogP) is 39.0. The van der Waals surface area contributed by atoms with E-state index in [2.05, 4.69) is 406 Å². The van der Waals surface area contributed by atoms with Crippen molar-refractivity contribution in [1.82, 2.24) is 0 Å². The third-order valence-electron chi connectivity index (χ3n) is 27.3. The molecule has 0 aliphatic rings. The molecule has 5 nitrogen and oxygen atoms in total. The molecule has 0 bridgehead atoms. The summed E-state index contributed by atoms with van der Waals surface area (Å²) in [6.07, 6.45) is 0. The van der Waals surface area contributed by atoms with Gasteiger partial charge in [0.05, 0.1) is 0 Å². The van der Waals surface area contributed by atoms with E-state index in [-0.39, 0.29) is 0 Å². The number of para-hydroxylation sites is 2. The Bertz CT molecular complexity index is 10100. The molecule has 9 heterocycles. The molecule has 0 aliphatic heterocycles. The molecule has 9 heteroatoms. The van der Waals surface area contributed by atoms with Crippen LogP contribution in [0.3, 0.4) is 0 Å². The lowest BCUT2D eigenvalue weighted by Crippen LogP contribution is -1.83. The molecule has 0 aliphatic carbocycles. The Morgan fingerprint density at radius 1 is 0.119 bits per heavy atom. The average Bonchev–Trinajstić information content (AvgIpc) is 1.60. The number of hydrogen-bond donors (Lipinski definition) is 0. The fourth-order valence-corrected chi connectivity index (χ4v) is 25.4. The van der Waals surface area contributed by atoms with E-state index in [4.69, 9.17) is 22.1 Å². The minimum Gasteiger partial charge on any atom is -0.456 e. The zero-order valence-corrected chi connectivity index (χ0v) is 75.5. The van der Waals surface area contributed by atoms with Crippen LogP contribution >= 0.6 is 45.3 Å². The van der Waals surface area contributed by atoms with Gasteiger partial charge in [0, 0.05) is 140 Å². The summed E-state index contributed by atoms with van der Waals surface area (Å²) in [5.74, 6) is 0. The van der Waals surface area contributed by atoms with Gasteiger partial charge in [-0.15, -0.1) is 45.3 Å². The first-order valence-electron chi connectivity index (χ1n) is 45.5. The van der Waals surface area contributed by atoms with Crippen LogP contribution in [-0.4, -0.2) is 0 Å². The van der Waals surface area contributed by atoms with Crippen LogP contribution in [0.1, 0.15) is 0 Å². The topological polar surface area (TPSA) is 65.7 Å². The number of furan rings is 5. The van der Waals surface area contributed by atoms with Gasteiger partial charge in [-0.2, -0.15) is 0 Å². The summed E-state index contributed by atoms with van der Waals surface area (Å²) in [6, 6.07) is 157. The van der Waals surface area contributed by atoms with E-state index in [1.807, 2.05) is 75.7 Å². The van der Waals surface area contributed by atoms with Crippen LogP contribution in [0.5, 0.6) is 0 Å². The first kappa shape index (κ1) is 77.3. The molecule has 0 unspecified atom stereocenters. The lowest BCUT2D eigenvalue weighted by atomic mass is 9.94. The minimum absolute atomic E-state index is 0.891. The molecule has 0 amide bonds. The molecule has 0 atom stereocenters. The van der Waals surface area contributed by atoms with Crippen LogP contribution in [0.15, 0.2) is 459 Å².